The Hall–Kier alpha value is -3.07. The van der Waals surface area contributed by atoms with Crippen LogP contribution in [-0.4, -0.2) is 13.0 Å². The van der Waals surface area contributed by atoms with E-state index in [4.69, 9.17) is 4.74 Å². The van der Waals surface area contributed by atoms with Gasteiger partial charge < -0.3 is 10.1 Å². The topological polar surface area (TPSA) is 38.3 Å². The molecule has 0 aliphatic carbocycles. The van der Waals surface area contributed by atoms with Crippen molar-refractivity contribution in [2.24, 2.45) is 0 Å². The van der Waals surface area contributed by atoms with Crippen molar-refractivity contribution in [3.05, 3.63) is 90.0 Å². The first-order valence-corrected chi connectivity index (χ1v) is 8.73. The lowest BCUT2D eigenvalue weighted by Crippen LogP contribution is -2.28. The molecule has 0 aromatic heterocycles. The van der Waals surface area contributed by atoms with Gasteiger partial charge in [-0.2, -0.15) is 0 Å². The normalized spacial score (nSPS) is 11.6. The maximum absolute atomic E-state index is 12.3. The maximum Gasteiger partial charge on any atom is 0.224 e. The van der Waals surface area contributed by atoms with Crippen LogP contribution in [0.5, 0.6) is 5.75 Å². The number of carbonyl (C=O) groups is 1. The van der Waals surface area contributed by atoms with Crippen molar-refractivity contribution < 1.29 is 9.53 Å². The summed E-state index contributed by atoms with van der Waals surface area (Å²) in [7, 11) is 1.63. The Labute approximate surface area is 154 Å². The number of ether oxygens (including phenoxy) is 1. The zero-order chi connectivity index (χ0) is 18.4. The van der Waals surface area contributed by atoms with E-state index >= 15 is 0 Å². The predicted molar refractivity (Wildman–Crippen MR) is 105 cm³/mol. The molecule has 0 radical (unpaired) electrons. The number of hydrogen-bond acceptors (Lipinski definition) is 2. The van der Waals surface area contributed by atoms with Crippen LogP contribution in [0.4, 0.5) is 0 Å². The fourth-order valence-electron chi connectivity index (χ4n) is 2.90. The summed E-state index contributed by atoms with van der Waals surface area (Å²) in [6, 6.07) is 26.1. The summed E-state index contributed by atoms with van der Waals surface area (Å²) in [6.45, 7) is 2.00. The van der Waals surface area contributed by atoms with Gasteiger partial charge in [0.15, 0.2) is 0 Å². The average Bonchev–Trinajstić information content (AvgIpc) is 2.69. The lowest BCUT2D eigenvalue weighted by molar-refractivity contribution is -0.121. The Morgan fingerprint density at radius 3 is 2.12 bits per heavy atom. The molecule has 0 bridgehead atoms. The molecular weight excluding hydrogens is 322 g/mol. The highest BCUT2D eigenvalue weighted by Gasteiger charge is 2.10. The molecule has 3 nitrogen and oxygen atoms in total. The lowest BCUT2D eigenvalue weighted by Gasteiger charge is -2.15. The maximum atomic E-state index is 12.3. The van der Waals surface area contributed by atoms with Gasteiger partial charge in [0, 0.05) is 0 Å². The molecular formula is C23H23NO2. The molecule has 3 heteroatoms. The standard InChI is InChI=1S/C23H23NO2/c1-17(24-23(25)16-18-8-14-22(26-2)15-9-18)19-10-12-21(13-11-19)20-6-4-3-5-7-20/h3-15,17H,16H2,1-2H3,(H,24,25)/t17-/m0/s1. The van der Waals surface area contributed by atoms with Crippen LogP contribution in [0.1, 0.15) is 24.1 Å². The van der Waals surface area contributed by atoms with Gasteiger partial charge in [0.1, 0.15) is 5.75 Å². The smallest absolute Gasteiger partial charge is 0.224 e. The monoisotopic (exact) mass is 345 g/mol. The predicted octanol–water partition coefficient (Wildman–Crippen LogP) is 4.78. The van der Waals surface area contributed by atoms with E-state index in [1.165, 1.54) is 11.1 Å². The van der Waals surface area contributed by atoms with Crippen LogP contribution >= 0.6 is 0 Å². The van der Waals surface area contributed by atoms with Gasteiger partial charge in [0.25, 0.3) is 0 Å². The van der Waals surface area contributed by atoms with Crippen molar-refractivity contribution in [2.45, 2.75) is 19.4 Å². The number of benzene rings is 3. The molecule has 0 aliphatic heterocycles. The van der Waals surface area contributed by atoms with Gasteiger partial charge in [-0.3, -0.25) is 4.79 Å². The Balaban J connectivity index is 1.60. The molecule has 26 heavy (non-hydrogen) atoms. The van der Waals surface area contributed by atoms with Gasteiger partial charge >= 0.3 is 0 Å². The molecule has 3 rings (SSSR count). The van der Waals surface area contributed by atoms with E-state index < -0.39 is 0 Å². The van der Waals surface area contributed by atoms with Crippen molar-refractivity contribution in [3.63, 3.8) is 0 Å². The second-order valence-electron chi connectivity index (χ2n) is 6.30. The molecule has 0 aliphatic rings. The second-order valence-corrected chi connectivity index (χ2v) is 6.30. The van der Waals surface area contributed by atoms with Crippen molar-refractivity contribution in [2.75, 3.05) is 7.11 Å². The molecule has 132 valence electrons. The quantitative estimate of drug-likeness (QED) is 0.698. The third kappa shape index (κ3) is 4.51. The zero-order valence-corrected chi connectivity index (χ0v) is 15.1. The highest BCUT2D eigenvalue weighted by atomic mass is 16.5. The van der Waals surface area contributed by atoms with E-state index in [2.05, 4.69) is 41.7 Å². The number of amides is 1. The Bertz CT molecular complexity index is 840. The molecule has 0 spiro atoms. The van der Waals surface area contributed by atoms with Gasteiger partial charge in [0.2, 0.25) is 5.91 Å². The van der Waals surface area contributed by atoms with E-state index in [1.807, 2.05) is 49.4 Å². The van der Waals surface area contributed by atoms with E-state index in [1.54, 1.807) is 7.11 Å². The molecule has 1 atom stereocenters. The van der Waals surface area contributed by atoms with E-state index in [0.29, 0.717) is 6.42 Å². The van der Waals surface area contributed by atoms with Crippen LogP contribution < -0.4 is 10.1 Å². The number of methoxy groups -OCH3 is 1. The zero-order valence-electron chi connectivity index (χ0n) is 15.1. The summed E-state index contributed by atoms with van der Waals surface area (Å²) in [5.74, 6) is 0.802. The van der Waals surface area contributed by atoms with E-state index in [0.717, 1.165) is 16.9 Å². The third-order valence-electron chi connectivity index (χ3n) is 4.42. The Morgan fingerprint density at radius 1 is 0.885 bits per heavy atom. The van der Waals surface area contributed by atoms with Crippen molar-refractivity contribution in [1.29, 1.82) is 0 Å². The largest absolute Gasteiger partial charge is 0.497 e. The summed E-state index contributed by atoms with van der Waals surface area (Å²) in [5, 5.41) is 3.06. The van der Waals surface area contributed by atoms with Gasteiger partial charge in [-0.15, -0.1) is 0 Å². The molecule has 1 N–H and O–H groups in total. The van der Waals surface area contributed by atoms with Gasteiger partial charge in [0.05, 0.1) is 19.6 Å². The molecule has 0 saturated heterocycles. The minimum absolute atomic E-state index is 0.00908. The number of rotatable bonds is 6. The minimum atomic E-state index is -0.0365. The van der Waals surface area contributed by atoms with Gasteiger partial charge in [-0.1, -0.05) is 66.7 Å². The SMILES string of the molecule is COc1ccc(CC(=O)N[C@@H](C)c2ccc(-c3ccccc3)cc2)cc1. The molecule has 3 aromatic carbocycles. The third-order valence-corrected chi connectivity index (χ3v) is 4.42. The fourth-order valence-corrected chi connectivity index (χ4v) is 2.90. The van der Waals surface area contributed by atoms with Crippen molar-refractivity contribution in [3.8, 4) is 16.9 Å². The summed E-state index contributed by atoms with van der Waals surface area (Å²) in [6.07, 6.45) is 0.358. The first-order chi connectivity index (χ1) is 12.7. The van der Waals surface area contributed by atoms with Gasteiger partial charge in [-0.05, 0) is 41.3 Å². The van der Waals surface area contributed by atoms with Crippen LogP contribution in [0.3, 0.4) is 0 Å². The minimum Gasteiger partial charge on any atom is -0.497 e. The Morgan fingerprint density at radius 2 is 1.50 bits per heavy atom. The number of nitrogens with one attached hydrogen (secondary N) is 1. The summed E-state index contributed by atoms with van der Waals surface area (Å²) in [4.78, 5) is 12.3. The van der Waals surface area contributed by atoms with Crippen molar-refractivity contribution in [1.82, 2.24) is 5.32 Å². The number of hydrogen-bond donors (Lipinski definition) is 1. The van der Waals surface area contributed by atoms with Crippen LogP contribution in [0.25, 0.3) is 11.1 Å². The fraction of sp³-hybridized carbons (Fsp3) is 0.174. The second kappa shape index (κ2) is 8.34. The molecule has 1 amide bonds. The molecule has 3 aromatic rings. The first-order valence-electron chi connectivity index (χ1n) is 8.73. The van der Waals surface area contributed by atoms with Gasteiger partial charge in [-0.25, -0.2) is 0 Å². The highest BCUT2D eigenvalue weighted by Crippen LogP contribution is 2.22. The molecule has 0 unspecified atom stereocenters. The van der Waals surface area contributed by atoms with Crippen molar-refractivity contribution >= 4 is 5.91 Å². The van der Waals surface area contributed by atoms with Crippen LogP contribution in [0, 0.1) is 0 Å². The highest BCUT2D eigenvalue weighted by molar-refractivity contribution is 5.79. The Kier molecular flexibility index (Phi) is 5.69. The first kappa shape index (κ1) is 17.7. The number of carbonyl (C=O) groups excluding carboxylic acids is 1. The van der Waals surface area contributed by atoms with Crippen LogP contribution in [-0.2, 0) is 11.2 Å². The van der Waals surface area contributed by atoms with Crippen LogP contribution in [0.2, 0.25) is 0 Å². The van der Waals surface area contributed by atoms with E-state index in [9.17, 15) is 4.79 Å². The van der Waals surface area contributed by atoms with E-state index in [-0.39, 0.29) is 11.9 Å². The molecule has 0 saturated carbocycles. The summed E-state index contributed by atoms with van der Waals surface area (Å²) in [5.41, 5.74) is 4.42. The summed E-state index contributed by atoms with van der Waals surface area (Å²) < 4.78 is 5.14. The summed E-state index contributed by atoms with van der Waals surface area (Å²) >= 11 is 0. The van der Waals surface area contributed by atoms with Crippen LogP contribution in [0.15, 0.2) is 78.9 Å². The molecule has 0 heterocycles. The average molecular weight is 345 g/mol. The molecule has 0 fully saturated rings. The lowest BCUT2D eigenvalue weighted by atomic mass is 10.0.